The van der Waals surface area contributed by atoms with Crippen LogP contribution in [0.3, 0.4) is 0 Å². The third-order valence-electron chi connectivity index (χ3n) is 9.57. The van der Waals surface area contributed by atoms with Gasteiger partial charge >= 0.3 is 0 Å². The summed E-state index contributed by atoms with van der Waals surface area (Å²) < 4.78 is 7.55. The Bertz CT molecular complexity index is 1090. The summed E-state index contributed by atoms with van der Waals surface area (Å²) in [4.78, 5) is 14.8. The number of aromatic hydroxyl groups is 1. The topological polar surface area (TPSA) is 67.6 Å². The van der Waals surface area contributed by atoms with Gasteiger partial charge in [-0.1, -0.05) is 13.0 Å². The average Bonchev–Trinajstić information content (AvgIpc) is 3.35. The Kier molecular flexibility index (Phi) is 5.47. The van der Waals surface area contributed by atoms with Crippen LogP contribution in [-0.2, 0) is 28.4 Å². The van der Waals surface area contributed by atoms with Crippen molar-refractivity contribution >= 4 is 5.91 Å². The number of rotatable bonds is 4. The van der Waals surface area contributed by atoms with Crippen LogP contribution < -0.4 is 0 Å². The van der Waals surface area contributed by atoms with Gasteiger partial charge < -0.3 is 14.7 Å². The molecule has 0 bridgehead atoms. The minimum absolute atomic E-state index is 0.148. The molecule has 4 aliphatic rings. The van der Waals surface area contributed by atoms with E-state index in [1.54, 1.807) is 0 Å². The zero-order valence-electron chi connectivity index (χ0n) is 20.5. The van der Waals surface area contributed by atoms with E-state index >= 15 is 0 Å². The molecule has 6 heteroatoms. The number of benzene rings is 1. The lowest BCUT2D eigenvalue weighted by Crippen LogP contribution is -2.45. The van der Waals surface area contributed by atoms with Crippen molar-refractivity contribution in [3.8, 4) is 5.75 Å². The standard InChI is InChI=1S/C28H37N3O3/c1-28-11-10-21-20-9-7-19(32)16-18(20)6-8-23(21)26(28)22(24-17-29-30(2)27(24)28)4-3-5-25(33)31-12-14-34-15-13-31/h7,9,16-17,21-23,26,32H,3-6,8,10-15H2,1-2H3/t21-,22+,23-,26?,28+/m1/s1. The summed E-state index contributed by atoms with van der Waals surface area (Å²) in [7, 11) is 2.11. The third-order valence-corrected chi connectivity index (χ3v) is 9.57. The molecule has 1 N–H and O–H groups in total. The summed E-state index contributed by atoms with van der Waals surface area (Å²) in [6, 6.07) is 6.04. The highest BCUT2D eigenvalue weighted by atomic mass is 16.5. The molecular formula is C28H37N3O3. The van der Waals surface area contributed by atoms with Gasteiger partial charge in [-0.25, -0.2) is 0 Å². The van der Waals surface area contributed by atoms with Crippen molar-refractivity contribution in [1.82, 2.24) is 14.7 Å². The summed E-state index contributed by atoms with van der Waals surface area (Å²) in [6.07, 6.45) is 9.35. The van der Waals surface area contributed by atoms with Crippen LogP contribution in [0.2, 0.25) is 0 Å². The van der Waals surface area contributed by atoms with Gasteiger partial charge in [0.25, 0.3) is 0 Å². The Morgan fingerprint density at radius 3 is 2.88 bits per heavy atom. The molecule has 2 aromatic rings. The van der Waals surface area contributed by atoms with Gasteiger partial charge in [-0.15, -0.1) is 0 Å². The number of aryl methyl sites for hydroxylation is 2. The maximum Gasteiger partial charge on any atom is 0.222 e. The first-order valence-electron chi connectivity index (χ1n) is 13.2. The SMILES string of the molecule is Cn1ncc2c1[C@@]1(C)CC[C@@H]3c4ccc(O)cc4CC[C@H]3C1[C@H]2CCCC(=O)N1CCOCC1. The number of phenolic OH excluding ortho intramolecular Hbond substituents is 1. The van der Waals surface area contributed by atoms with Crippen molar-refractivity contribution in [2.75, 3.05) is 26.3 Å². The number of fused-ring (bicyclic) bond motifs is 7. The number of hydrogen-bond donors (Lipinski definition) is 1. The monoisotopic (exact) mass is 463 g/mol. The highest BCUT2D eigenvalue weighted by Crippen LogP contribution is 2.64. The molecule has 5 atom stereocenters. The Balaban J connectivity index is 1.26. The summed E-state index contributed by atoms with van der Waals surface area (Å²) in [5.74, 6) is 2.94. The lowest BCUT2D eigenvalue weighted by atomic mass is 9.53. The van der Waals surface area contributed by atoms with Crippen LogP contribution in [0.15, 0.2) is 24.4 Å². The maximum absolute atomic E-state index is 12.8. The number of carbonyl (C=O) groups is 1. The quantitative estimate of drug-likeness (QED) is 0.736. The van der Waals surface area contributed by atoms with Crippen molar-refractivity contribution in [2.24, 2.45) is 18.9 Å². The summed E-state index contributed by atoms with van der Waals surface area (Å²) in [5.41, 5.74) is 5.83. The summed E-state index contributed by atoms with van der Waals surface area (Å²) in [6.45, 7) is 5.27. The highest BCUT2D eigenvalue weighted by Gasteiger charge is 2.58. The van der Waals surface area contributed by atoms with Crippen LogP contribution in [0.4, 0.5) is 0 Å². The number of ether oxygens (including phenoxy) is 1. The molecule has 1 unspecified atom stereocenters. The largest absolute Gasteiger partial charge is 0.508 e. The first kappa shape index (κ1) is 22.1. The van der Waals surface area contributed by atoms with E-state index in [2.05, 4.69) is 30.9 Å². The van der Waals surface area contributed by atoms with Crippen LogP contribution in [0.25, 0.3) is 0 Å². The van der Waals surface area contributed by atoms with E-state index in [0.717, 1.165) is 32.4 Å². The van der Waals surface area contributed by atoms with Gasteiger partial charge in [0.05, 0.1) is 19.4 Å². The number of aromatic nitrogens is 2. The zero-order valence-corrected chi connectivity index (χ0v) is 20.5. The number of morpholine rings is 1. The Labute approximate surface area is 202 Å². The molecule has 1 aromatic heterocycles. The van der Waals surface area contributed by atoms with E-state index in [4.69, 9.17) is 9.84 Å². The zero-order chi connectivity index (χ0) is 23.4. The predicted molar refractivity (Wildman–Crippen MR) is 130 cm³/mol. The highest BCUT2D eigenvalue weighted by molar-refractivity contribution is 5.76. The molecule has 182 valence electrons. The second-order valence-electron chi connectivity index (χ2n) is 11.2. The van der Waals surface area contributed by atoms with Crippen molar-refractivity contribution in [1.29, 1.82) is 0 Å². The fourth-order valence-corrected chi connectivity index (χ4v) is 8.23. The van der Waals surface area contributed by atoms with Gasteiger partial charge in [-0.3, -0.25) is 9.48 Å². The molecule has 1 aromatic carbocycles. The van der Waals surface area contributed by atoms with Crippen molar-refractivity contribution in [2.45, 2.75) is 69.1 Å². The Hall–Kier alpha value is -2.34. The smallest absolute Gasteiger partial charge is 0.222 e. The normalized spacial score (nSPS) is 32.0. The van der Waals surface area contributed by atoms with E-state index < -0.39 is 0 Å². The van der Waals surface area contributed by atoms with Crippen LogP contribution in [0.5, 0.6) is 5.75 Å². The van der Waals surface area contributed by atoms with E-state index in [9.17, 15) is 9.90 Å². The van der Waals surface area contributed by atoms with Crippen molar-refractivity contribution in [3.63, 3.8) is 0 Å². The maximum atomic E-state index is 12.8. The van der Waals surface area contributed by atoms with Gasteiger partial charge in [0.1, 0.15) is 5.75 Å². The fraction of sp³-hybridized carbons (Fsp3) is 0.643. The lowest BCUT2D eigenvalue weighted by Gasteiger charge is -2.51. The molecule has 6 nitrogen and oxygen atoms in total. The van der Waals surface area contributed by atoms with Crippen LogP contribution in [0.1, 0.15) is 79.7 Å². The number of carbonyl (C=O) groups excluding carboxylic acids is 1. The summed E-state index contributed by atoms with van der Waals surface area (Å²) in [5, 5.41) is 14.7. The Morgan fingerprint density at radius 2 is 2.06 bits per heavy atom. The first-order chi connectivity index (χ1) is 16.5. The summed E-state index contributed by atoms with van der Waals surface area (Å²) >= 11 is 0. The molecule has 2 heterocycles. The molecule has 0 spiro atoms. The van der Waals surface area contributed by atoms with Gasteiger partial charge in [0.15, 0.2) is 0 Å². The predicted octanol–water partition coefficient (Wildman–Crippen LogP) is 4.27. The van der Waals surface area contributed by atoms with Crippen LogP contribution in [0, 0.1) is 11.8 Å². The van der Waals surface area contributed by atoms with Gasteiger partial charge in [-0.2, -0.15) is 5.10 Å². The van der Waals surface area contributed by atoms with Crippen LogP contribution in [-0.4, -0.2) is 52.0 Å². The number of phenols is 1. The molecule has 1 aliphatic heterocycles. The van der Waals surface area contributed by atoms with Crippen molar-refractivity contribution < 1.29 is 14.6 Å². The number of hydrogen-bond acceptors (Lipinski definition) is 4. The Morgan fingerprint density at radius 1 is 1.24 bits per heavy atom. The number of amides is 1. The first-order valence-corrected chi connectivity index (χ1v) is 13.2. The lowest BCUT2D eigenvalue weighted by molar-refractivity contribution is -0.135. The van der Waals surface area contributed by atoms with Crippen molar-refractivity contribution in [3.05, 3.63) is 46.8 Å². The van der Waals surface area contributed by atoms with Crippen LogP contribution >= 0.6 is 0 Å². The molecule has 0 radical (unpaired) electrons. The van der Waals surface area contributed by atoms with Gasteiger partial charge in [0.2, 0.25) is 5.91 Å². The minimum Gasteiger partial charge on any atom is -0.508 e. The van der Waals surface area contributed by atoms with E-state index in [0.29, 0.717) is 49.1 Å². The van der Waals surface area contributed by atoms with Gasteiger partial charge in [-0.05, 0) is 91.0 Å². The second-order valence-corrected chi connectivity index (χ2v) is 11.2. The number of nitrogens with zero attached hydrogens (tertiary/aromatic N) is 3. The average molecular weight is 464 g/mol. The second kappa shape index (κ2) is 8.40. The van der Waals surface area contributed by atoms with Gasteiger partial charge in [0, 0.05) is 37.7 Å². The molecule has 1 saturated carbocycles. The fourth-order valence-electron chi connectivity index (χ4n) is 8.23. The third kappa shape index (κ3) is 3.40. The molecule has 3 aliphatic carbocycles. The minimum atomic E-state index is 0.148. The molecule has 1 amide bonds. The van der Waals surface area contributed by atoms with E-state index in [1.807, 2.05) is 17.0 Å². The van der Waals surface area contributed by atoms with E-state index in [-0.39, 0.29) is 11.3 Å². The molecule has 34 heavy (non-hydrogen) atoms. The van der Waals surface area contributed by atoms with E-state index in [1.165, 1.54) is 41.6 Å². The molecule has 2 fully saturated rings. The molecule has 1 saturated heterocycles. The molecular weight excluding hydrogens is 426 g/mol. The molecule has 6 rings (SSSR count).